The number of aliphatic hydroxyl groups is 6. The Hall–Kier alpha value is -0.890. The highest BCUT2D eigenvalue weighted by Gasteiger charge is 2.50. The summed E-state index contributed by atoms with van der Waals surface area (Å²) in [4.78, 5) is 11.4. The van der Waals surface area contributed by atoms with E-state index in [0.29, 0.717) is 0 Å². The molecule has 2 fully saturated rings. The van der Waals surface area contributed by atoms with Gasteiger partial charge in [-0.1, -0.05) is 0 Å². The molecule has 10 atom stereocenters. The van der Waals surface area contributed by atoms with Crippen LogP contribution in [0.4, 0.5) is 0 Å². The van der Waals surface area contributed by atoms with E-state index in [-0.39, 0.29) is 0 Å². The molecular weight excluding hydrogens is 354 g/mol. The molecule has 2 heterocycles. The summed E-state index contributed by atoms with van der Waals surface area (Å²) in [6.45, 7) is 1.64. The molecule has 0 spiro atoms. The van der Waals surface area contributed by atoms with E-state index in [4.69, 9.17) is 14.2 Å². The predicted molar refractivity (Wildman–Crippen MR) is 83.7 cm³/mol. The molecule has 0 aromatic carbocycles. The summed E-state index contributed by atoms with van der Waals surface area (Å²) in [5.74, 6) is -0.519. The van der Waals surface area contributed by atoms with Crippen LogP contribution in [0.1, 0.15) is 13.8 Å². The maximum Gasteiger partial charge on any atom is 0.217 e. The third-order valence-corrected chi connectivity index (χ3v) is 4.64. The summed E-state index contributed by atoms with van der Waals surface area (Å²) in [6, 6.07) is -1.18. The molecule has 2 aliphatic rings. The lowest BCUT2D eigenvalue weighted by Crippen LogP contribution is -2.67. The van der Waals surface area contributed by atoms with Crippen molar-refractivity contribution in [3.8, 4) is 0 Å². The smallest absolute Gasteiger partial charge is 0.217 e. The zero-order valence-electron chi connectivity index (χ0n) is 14.5. The van der Waals surface area contributed by atoms with Gasteiger partial charge in [-0.15, -0.1) is 0 Å². The fraction of sp³-hybridized carbons (Fsp3) is 0.933. The summed E-state index contributed by atoms with van der Waals surface area (Å²) < 4.78 is 16.5. The summed E-state index contributed by atoms with van der Waals surface area (Å²) in [5.41, 5.74) is 0. The van der Waals surface area contributed by atoms with Crippen LogP contribution < -0.4 is 5.32 Å². The van der Waals surface area contributed by atoms with Gasteiger partial charge < -0.3 is 50.2 Å². The topological polar surface area (TPSA) is 178 Å². The highest BCUT2D eigenvalue weighted by atomic mass is 16.7. The molecule has 0 radical (unpaired) electrons. The molecule has 0 aromatic heterocycles. The Morgan fingerprint density at radius 3 is 2.04 bits per heavy atom. The lowest BCUT2D eigenvalue weighted by molar-refractivity contribution is -0.320. The van der Waals surface area contributed by atoms with Crippen LogP contribution in [0.25, 0.3) is 0 Å². The second kappa shape index (κ2) is 8.87. The second-order valence-corrected chi connectivity index (χ2v) is 6.58. The number of nitrogens with one attached hydrogen (secondary N) is 1. The van der Waals surface area contributed by atoms with Gasteiger partial charge in [-0.05, 0) is 6.92 Å². The molecule has 0 bridgehead atoms. The third-order valence-electron chi connectivity index (χ3n) is 4.64. The van der Waals surface area contributed by atoms with Crippen LogP contribution in [0.15, 0.2) is 0 Å². The van der Waals surface area contributed by atoms with Gasteiger partial charge in [0.15, 0.2) is 6.29 Å². The molecule has 2 saturated heterocycles. The van der Waals surface area contributed by atoms with Gasteiger partial charge in [-0.2, -0.15) is 0 Å². The molecule has 2 rings (SSSR count). The van der Waals surface area contributed by atoms with Gasteiger partial charge in [-0.3, -0.25) is 4.79 Å². The number of carbonyl (C=O) groups is 1. The first kappa shape index (κ1) is 21.4. The molecule has 1 amide bonds. The molecule has 0 saturated carbocycles. The SMILES string of the molecule is CC(=O)NC1C(O)[C@H](O)[C@@H](CO)O[C@@H]1OC1[C@H](C)OC(CO)[C@H](O)[C@@H]1O. The van der Waals surface area contributed by atoms with Gasteiger partial charge in [0, 0.05) is 6.92 Å². The first-order chi connectivity index (χ1) is 12.2. The quantitative estimate of drug-likeness (QED) is 0.247. The van der Waals surface area contributed by atoms with Gasteiger partial charge in [0.25, 0.3) is 0 Å². The predicted octanol–water partition coefficient (Wildman–Crippen LogP) is -4.18. The number of amides is 1. The van der Waals surface area contributed by atoms with E-state index in [2.05, 4.69) is 5.32 Å². The fourth-order valence-corrected chi connectivity index (χ4v) is 3.21. The number of hydrogen-bond donors (Lipinski definition) is 7. The van der Waals surface area contributed by atoms with Crippen LogP contribution in [0, 0.1) is 0 Å². The largest absolute Gasteiger partial charge is 0.394 e. The van der Waals surface area contributed by atoms with Crippen LogP contribution in [-0.2, 0) is 19.0 Å². The Balaban J connectivity index is 2.18. The first-order valence-corrected chi connectivity index (χ1v) is 8.38. The van der Waals surface area contributed by atoms with Crippen molar-refractivity contribution in [2.45, 2.75) is 75.0 Å². The molecule has 4 unspecified atom stereocenters. The van der Waals surface area contributed by atoms with Crippen molar-refractivity contribution in [3.63, 3.8) is 0 Å². The van der Waals surface area contributed by atoms with E-state index < -0.39 is 80.3 Å². The van der Waals surface area contributed by atoms with Crippen molar-refractivity contribution in [1.82, 2.24) is 5.32 Å². The first-order valence-electron chi connectivity index (χ1n) is 8.38. The van der Waals surface area contributed by atoms with Gasteiger partial charge in [0.2, 0.25) is 5.91 Å². The lowest BCUT2D eigenvalue weighted by Gasteiger charge is -2.46. The molecular formula is C15H27NO10. The van der Waals surface area contributed by atoms with Crippen molar-refractivity contribution in [3.05, 3.63) is 0 Å². The van der Waals surface area contributed by atoms with Crippen LogP contribution in [0.3, 0.4) is 0 Å². The monoisotopic (exact) mass is 381 g/mol. The number of aliphatic hydroxyl groups excluding tert-OH is 6. The molecule has 11 nitrogen and oxygen atoms in total. The van der Waals surface area contributed by atoms with Crippen LogP contribution >= 0.6 is 0 Å². The Morgan fingerprint density at radius 2 is 1.50 bits per heavy atom. The van der Waals surface area contributed by atoms with E-state index in [1.165, 1.54) is 6.92 Å². The number of carbonyl (C=O) groups excluding carboxylic acids is 1. The summed E-state index contributed by atoms with van der Waals surface area (Å²) in [5, 5.41) is 61.4. The number of rotatable bonds is 5. The maximum atomic E-state index is 11.4. The maximum absolute atomic E-state index is 11.4. The summed E-state index contributed by atoms with van der Waals surface area (Å²) >= 11 is 0. The van der Waals surface area contributed by atoms with E-state index in [9.17, 15) is 35.4 Å². The van der Waals surface area contributed by atoms with Gasteiger partial charge in [0.05, 0.1) is 19.3 Å². The average Bonchev–Trinajstić information content (AvgIpc) is 2.60. The summed E-state index contributed by atoms with van der Waals surface area (Å²) in [6.07, 6.45) is -11.2. The third kappa shape index (κ3) is 4.32. The Labute approximate surface area is 150 Å². The molecule has 11 heteroatoms. The number of hydrogen-bond acceptors (Lipinski definition) is 10. The minimum Gasteiger partial charge on any atom is -0.394 e. The fourth-order valence-electron chi connectivity index (χ4n) is 3.21. The normalized spacial score (nSPS) is 46.8. The summed E-state index contributed by atoms with van der Waals surface area (Å²) in [7, 11) is 0. The standard InChI is InChI=1S/C15H27NO10/c1-5-14(13(23)11(21)7(3-17)24-5)26-15-9(16-6(2)19)12(22)10(20)8(4-18)25-15/h5,7-15,17-18,20-23H,3-4H2,1-2H3,(H,16,19)/t5-,7?,8+,9?,10+,11-,12?,13-,14?,15+/m0/s1. The molecule has 152 valence electrons. The molecule has 26 heavy (non-hydrogen) atoms. The van der Waals surface area contributed by atoms with Gasteiger partial charge >= 0.3 is 0 Å². The highest BCUT2D eigenvalue weighted by molar-refractivity contribution is 5.73. The zero-order chi connectivity index (χ0) is 19.6. The Bertz CT molecular complexity index is 479. The van der Waals surface area contributed by atoms with Crippen molar-refractivity contribution in [2.75, 3.05) is 13.2 Å². The average molecular weight is 381 g/mol. The van der Waals surface area contributed by atoms with Crippen molar-refractivity contribution in [1.29, 1.82) is 0 Å². The van der Waals surface area contributed by atoms with Gasteiger partial charge in [-0.25, -0.2) is 0 Å². The Kier molecular flexibility index (Phi) is 7.30. The van der Waals surface area contributed by atoms with Crippen molar-refractivity contribution >= 4 is 5.91 Å². The highest BCUT2D eigenvalue weighted by Crippen LogP contribution is 2.29. The second-order valence-electron chi connectivity index (χ2n) is 6.58. The van der Waals surface area contributed by atoms with Crippen LogP contribution in [0.2, 0.25) is 0 Å². The molecule has 0 aliphatic carbocycles. The van der Waals surface area contributed by atoms with Crippen molar-refractivity contribution in [2.24, 2.45) is 0 Å². The zero-order valence-corrected chi connectivity index (χ0v) is 14.5. The van der Waals surface area contributed by atoms with Crippen LogP contribution in [0.5, 0.6) is 0 Å². The van der Waals surface area contributed by atoms with E-state index >= 15 is 0 Å². The minimum atomic E-state index is -1.50. The van der Waals surface area contributed by atoms with Gasteiger partial charge in [0.1, 0.15) is 48.8 Å². The van der Waals surface area contributed by atoms with E-state index in [0.717, 1.165) is 0 Å². The number of ether oxygens (including phenoxy) is 3. The molecule has 0 aromatic rings. The van der Waals surface area contributed by atoms with E-state index in [1.807, 2.05) is 0 Å². The van der Waals surface area contributed by atoms with Crippen LogP contribution in [-0.4, -0.2) is 111 Å². The lowest BCUT2D eigenvalue weighted by atomic mass is 9.94. The van der Waals surface area contributed by atoms with E-state index in [1.54, 1.807) is 6.92 Å². The molecule has 7 N–H and O–H groups in total. The molecule has 2 aliphatic heterocycles. The minimum absolute atomic E-state index is 0.499. The van der Waals surface area contributed by atoms with Crippen molar-refractivity contribution < 1.29 is 49.6 Å². The Morgan fingerprint density at radius 1 is 0.962 bits per heavy atom.